The Kier molecular flexibility index (Phi) is 9.06. The van der Waals surface area contributed by atoms with E-state index >= 15 is 0 Å². The van der Waals surface area contributed by atoms with E-state index in [1.807, 2.05) is 0 Å². The van der Waals surface area contributed by atoms with Crippen molar-refractivity contribution in [2.75, 3.05) is 5.73 Å². The molecular weight excluding hydrogens is 673 g/mol. The topological polar surface area (TPSA) is 167 Å². The molecular formula is C14H17I3N2O6. The van der Waals surface area contributed by atoms with Crippen LogP contribution in [0.5, 0.6) is 0 Å². The van der Waals surface area contributed by atoms with Crippen molar-refractivity contribution in [1.82, 2.24) is 0 Å². The predicted octanol–water partition coefficient (Wildman–Crippen LogP) is 0.954. The lowest BCUT2D eigenvalue weighted by Crippen LogP contribution is -2.26. The molecule has 0 bridgehead atoms. The number of nitrogens with two attached hydrogens (primary N) is 2. The Morgan fingerprint density at radius 1 is 0.840 bits per heavy atom. The van der Waals surface area contributed by atoms with E-state index < -0.39 is 24.2 Å². The lowest BCUT2D eigenvalue weighted by molar-refractivity contribution is 0.0694. The maximum Gasteiger partial charge on any atom is 0.336 e. The van der Waals surface area contributed by atoms with Crippen LogP contribution >= 0.6 is 67.8 Å². The zero-order chi connectivity index (χ0) is 19.5. The van der Waals surface area contributed by atoms with Gasteiger partial charge in [0, 0.05) is 30.5 Å². The third-order valence-electron chi connectivity index (χ3n) is 3.44. The normalized spacial score (nSPS) is 14.8. The molecule has 0 aliphatic rings. The molecule has 0 spiro atoms. The Hall–Kier alpha value is 0.0300. The number of carbonyl (C=O) groups excluding carboxylic acids is 1. The molecule has 140 valence electrons. The fraction of sp³-hybridized carbons (Fsp3) is 0.429. The van der Waals surface area contributed by atoms with Crippen molar-refractivity contribution in [2.24, 2.45) is 5.73 Å². The lowest BCUT2D eigenvalue weighted by Gasteiger charge is -2.23. The van der Waals surface area contributed by atoms with Crippen LogP contribution in [0.1, 0.15) is 37.4 Å². The Morgan fingerprint density at radius 2 is 1.20 bits per heavy atom. The van der Waals surface area contributed by atoms with Gasteiger partial charge in [-0.2, -0.15) is 0 Å². The van der Waals surface area contributed by atoms with Crippen LogP contribution < -0.4 is 11.5 Å². The molecule has 1 aromatic carbocycles. The van der Waals surface area contributed by atoms with E-state index in [4.69, 9.17) is 11.5 Å². The second kappa shape index (κ2) is 9.82. The summed E-state index contributed by atoms with van der Waals surface area (Å²) in [5.41, 5.74) is 11.6. The summed E-state index contributed by atoms with van der Waals surface area (Å²) < 4.78 is -2.76. The first-order valence-electron chi connectivity index (χ1n) is 6.92. The Labute approximate surface area is 184 Å². The van der Waals surface area contributed by atoms with Gasteiger partial charge in [0.05, 0.1) is 5.56 Å². The van der Waals surface area contributed by atoms with Gasteiger partial charge in [-0.3, -0.25) is 4.79 Å². The molecule has 0 fully saturated rings. The van der Waals surface area contributed by atoms with Crippen LogP contribution in [0.15, 0.2) is 0 Å². The van der Waals surface area contributed by atoms with Gasteiger partial charge in [-0.15, -0.1) is 0 Å². The largest absolute Gasteiger partial charge is 0.478 e. The first-order valence-corrected chi connectivity index (χ1v) is 10.7. The zero-order valence-corrected chi connectivity index (χ0v) is 19.2. The lowest BCUT2D eigenvalue weighted by atomic mass is 9.85. The van der Waals surface area contributed by atoms with Crippen LogP contribution in [-0.4, -0.2) is 44.6 Å². The molecule has 11 heteroatoms. The highest BCUT2D eigenvalue weighted by Gasteiger charge is 2.30. The molecule has 0 saturated heterocycles. The molecule has 8 N–H and O–H groups in total. The summed E-state index contributed by atoms with van der Waals surface area (Å²) in [4.78, 5) is 23.9. The number of aliphatic hydroxyl groups is 3. The number of aromatic carboxylic acids is 1. The minimum Gasteiger partial charge on any atom is -0.478 e. The molecule has 0 aliphatic heterocycles. The number of carboxylic acids is 1. The molecule has 3 atom stereocenters. The highest BCUT2D eigenvalue weighted by atomic mass is 127. The fourth-order valence-electron chi connectivity index (χ4n) is 2.63. The summed E-state index contributed by atoms with van der Waals surface area (Å²) in [5, 5.41) is 38.8. The standard InChI is InChI=1S/C14H17I3N2O6/c15-7(20)1-4-10(13(19)23)5(2-8(16)21)12(18)6(3-9(17)22)11(4)14(24)25/h7-9,20-22H,1-3,18H2,(H2,19,23)(H,24,25). The average Bonchev–Trinajstić information content (AvgIpc) is 2.41. The van der Waals surface area contributed by atoms with Crippen LogP contribution in [0.3, 0.4) is 0 Å². The van der Waals surface area contributed by atoms with Crippen LogP contribution in [0, 0.1) is 0 Å². The summed E-state index contributed by atoms with van der Waals surface area (Å²) >= 11 is 5.13. The van der Waals surface area contributed by atoms with Crippen molar-refractivity contribution < 1.29 is 30.0 Å². The Bertz CT molecular complexity index is 630. The number of halogens is 3. The van der Waals surface area contributed by atoms with Crippen LogP contribution in [0.25, 0.3) is 0 Å². The average molecular weight is 690 g/mol. The number of primary amides is 1. The highest BCUT2D eigenvalue weighted by molar-refractivity contribution is 14.1. The third-order valence-corrected chi connectivity index (χ3v) is 4.76. The van der Waals surface area contributed by atoms with E-state index in [0.29, 0.717) is 0 Å². The van der Waals surface area contributed by atoms with Gasteiger partial charge in [0.25, 0.3) is 0 Å². The predicted molar refractivity (Wildman–Crippen MR) is 118 cm³/mol. The number of carbonyl (C=O) groups is 2. The number of rotatable bonds is 8. The van der Waals surface area contributed by atoms with Gasteiger partial charge in [0.1, 0.15) is 12.3 Å². The van der Waals surface area contributed by atoms with Crippen molar-refractivity contribution in [3.05, 3.63) is 27.8 Å². The SMILES string of the molecule is NC(=O)c1c(CC(O)I)c(N)c(CC(O)I)c(C(=O)O)c1CC(O)I. The van der Waals surface area contributed by atoms with Gasteiger partial charge in [0.2, 0.25) is 5.91 Å². The van der Waals surface area contributed by atoms with E-state index in [2.05, 4.69) is 0 Å². The molecule has 1 amide bonds. The summed E-state index contributed by atoms with van der Waals surface area (Å²) in [5.74, 6) is -2.23. The smallest absolute Gasteiger partial charge is 0.336 e. The second-order valence-electron chi connectivity index (χ2n) is 5.18. The van der Waals surface area contributed by atoms with Gasteiger partial charge in [-0.25, -0.2) is 4.79 Å². The van der Waals surface area contributed by atoms with Crippen LogP contribution in [-0.2, 0) is 19.3 Å². The molecule has 0 aliphatic carbocycles. The number of amides is 1. The summed E-state index contributed by atoms with van der Waals surface area (Å²) in [6, 6.07) is 0. The second-order valence-corrected chi connectivity index (χ2v) is 9.50. The molecule has 0 heterocycles. The monoisotopic (exact) mass is 690 g/mol. The van der Waals surface area contributed by atoms with Gasteiger partial charge in [0.15, 0.2) is 0 Å². The number of hydrogen-bond acceptors (Lipinski definition) is 6. The number of benzene rings is 1. The number of alkyl halides is 3. The number of anilines is 1. The van der Waals surface area contributed by atoms with E-state index in [1.165, 1.54) is 0 Å². The summed E-state index contributed by atoms with van der Waals surface area (Å²) in [6.45, 7) is 0. The van der Waals surface area contributed by atoms with Gasteiger partial charge >= 0.3 is 5.97 Å². The molecule has 3 unspecified atom stereocenters. The molecule has 0 radical (unpaired) electrons. The van der Waals surface area contributed by atoms with Crippen molar-refractivity contribution >= 4 is 85.3 Å². The molecule has 8 nitrogen and oxygen atoms in total. The first kappa shape index (κ1) is 23.1. The van der Waals surface area contributed by atoms with Crippen LogP contribution in [0.2, 0.25) is 0 Å². The van der Waals surface area contributed by atoms with Gasteiger partial charge < -0.3 is 31.9 Å². The maximum absolute atomic E-state index is 12.0. The van der Waals surface area contributed by atoms with E-state index in [-0.39, 0.29) is 52.8 Å². The quantitative estimate of drug-likeness (QED) is 0.134. The van der Waals surface area contributed by atoms with Crippen molar-refractivity contribution in [3.63, 3.8) is 0 Å². The Balaban J connectivity index is 3.96. The molecule has 25 heavy (non-hydrogen) atoms. The minimum absolute atomic E-state index is 0.00401. The highest BCUT2D eigenvalue weighted by Crippen LogP contribution is 2.35. The van der Waals surface area contributed by atoms with Gasteiger partial charge in [-0.1, -0.05) is 67.8 Å². The first-order chi connectivity index (χ1) is 11.5. The van der Waals surface area contributed by atoms with Crippen molar-refractivity contribution in [2.45, 2.75) is 31.6 Å². The summed E-state index contributed by atoms with van der Waals surface area (Å²) in [6.07, 6.45) is -0.240. The minimum atomic E-state index is -1.34. The molecule has 1 rings (SSSR count). The zero-order valence-electron chi connectivity index (χ0n) is 12.7. The maximum atomic E-state index is 12.0. The van der Waals surface area contributed by atoms with Gasteiger partial charge in [-0.05, 0) is 16.7 Å². The molecule has 1 aromatic rings. The number of carboxylic acid groups (broad SMARTS) is 1. The molecule has 0 saturated carbocycles. The number of aliphatic hydroxyl groups excluding tert-OH is 3. The van der Waals surface area contributed by atoms with Crippen molar-refractivity contribution in [3.8, 4) is 0 Å². The number of nitrogen functional groups attached to an aromatic ring is 1. The third kappa shape index (κ3) is 6.02. The van der Waals surface area contributed by atoms with E-state index in [9.17, 15) is 30.0 Å². The Morgan fingerprint density at radius 3 is 1.52 bits per heavy atom. The number of hydrogen-bond donors (Lipinski definition) is 6. The van der Waals surface area contributed by atoms with E-state index in [1.54, 1.807) is 67.8 Å². The fourth-order valence-corrected chi connectivity index (χ4v) is 3.95. The van der Waals surface area contributed by atoms with Crippen molar-refractivity contribution in [1.29, 1.82) is 0 Å². The van der Waals surface area contributed by atoms with E-state index in [0.717, 1.165) is 0 Å². The van der Waals surface area contributed by atoms with Crippen LogP contribution in [0.4, 0.5) is 5.69 Å². The molecule has 0 aromatic heterocycles. The summed E-state index contributed by atoms with van der Waals surface area (Å²) in [7, 11) is 0.